The summed E-state index contributed by atoms with van der Waals surface area (Å²) < 4.78 is 29.8. The lowest BCUT2D eigenvalue weighted by Crippen LogP contribution is -2.44. The number of aromatic nitrogens is 2. The van der Waals surface area contributed by atoms with Gasteiger partial charge in [-0.25, -0.2) is 8.42 Å². The molecule has 6 nitrogen and oxygen atoms in total. The maximum absolute atomic E-state index is 13.2. The minimum atomic E-state index is -3.46. The standard InChI is InChI=1S/C16H28N4O2S/c1-13-16(14(2)18(3)17-13)23(21,22)20-11-7-8-15(20)12-19-9-5-4-6-10-19/h15H,4-12H2,1-3H3/t15-/m0/s1. The summed E-state index contributed by atoms with van der Waals surface area (Å²) in [5.41, 5.74) is 1.33. The molecule has 0 radical (unpaired) electrons. The van der Waals surface area contributed by atoms with Crippen LogP contribution in [0, 0.1) is 13.8 Å². The molecular weight excluding hydrogens is 312 g/mol. The lowest BCUT2D eigenvalue weighted by molar-refractivity contribution is 0.189. The van der Waals surface area contributed by atoms with Crippen molar-refractivity contribution in [3.05, 3.63) is 11.4 Å². The molecule has 2 saturated heterocycles. The molecule has 23 heavy (non-hydrogen) atoms. The maximum atomic E-state index is 13.2. The smallest absolute Gasteiger partial charge is 0.247 e. The van der Waals surface area contributed by atoms with Gasteiger partial charge in [-0.2, -0.15) is 9.40 Å². The third-order valence-corrected chi connectivity index (χ3v) is 7.45. The predicted molar refractivity (Wildman–Crippen MR) is 89.9 cm³/mol. The molecule has 0 spiro atoms. The van der Waals surface area contributed by atoms with Crippen molar-refractivity contribution >= 4 is 10.0 Å². The SMILES string of the molecule is Cc1nn(C)c(C)c1S(=O)(=O)N1CCC[C@H]1CN1CCCCC1. The highest BCUT2D eigenvalue weighted by Crippen LogP contribution is 2.30. The number of sulfonamides is 1. The monoisotopic (exact) mass is 340 g/mol. The third kappa shape index (κ3) is 3.19. The summed E-state index contributed by atoms with van der Waals surface area (Å²) in [4.78, 5) is 2.84. The largest absolute Gasteiger partial charge is 0.302 e. The first kappa shape index (κ1) is 16.9. The number of hydrogen-bond donors (Lipinski definition) is 0. The van der Waals surface area contributed by atoms with Crippen molar-refractivity contribution in [2.75, 3.05) is 26.2 Å². The van der Waals surface area contributed by atoms with Crippen LogP contribution >= 0.6 is 0 Å². The maximum Gasteiger partial charge on any atom is 0.247 e. The summed E-state index contributed by atoms with van der Waals surface area (Å²) >= 11 is 0. The van der Waals surface area contributed by atoms with E-state index in [1.54, 1.807) is 23.0 Å². The van der Waals surface area contributed by atoms with Gasteiger partial charge in [0, 0.05) is 26.2 Å². The van der Waals surface area contributed by atoms with Crippen LogP contribution in [0.5, 0.6) is 0 Å². The lowest BCUT2D eigenvalue weighted by Gasteiger charge is -2.32. The molecule has 1 aromatic heterocycles. The molecule has 1 atom stereocenters. The van der Waals surface area contributed by atoms with Crippen LogP contribution in [0.25, 0.3) is 0 Å². The minimum absolute atomic E-state index is 0.108. The van der Waals surface area contributed by atoms with E-state index in [4.69, 9.17) is 0 Å². The lowest BCUT2D eigenvalue weighted by atomic mass is 10.1. The van der Waals surface area contributed by atoms with E-state index < -0.39 is 10.0 Å². The average Bonchev–Trinajstić information content (AvgIpc) is 3.06. The Kier molecular flexibility index (Phi) is 4.80. The van der Waals surface area contributed by atoms with Crippen LogP contribution in [0.1, 0.15) is 43.5 Å². The van der Waals surface area contributed by atoms with Crippen LogP contribution in [-0.2, 0) is 17.1 Å². The van der Waals surface area contributed by atoms with Crippen molar-refractivity contribution < 1.29 is 8.42 Å². The second kappa shape index (κ2) is 6.53. The first-order valence-electron chi connectivity index (χ1n) is 8.65. The van der Waals surface area contributed by atoms with E-state index in [-0.39, 0.29) is 6.04 Å². The first-order valence-corrected chi connectivity index (χ1v) is 10.1. The zero-order chi connectivity index (χ0) is 16.6. The summed E-state index contributed by atoms with van der Waals surface area (Å²) in [5.74, 6) is 0. The molecule has 0 aromatic carbocycles. The summed E-state index contributed by atoms with van der Waals surface area (Å²) in [6.45, 7) is 7.34. The Morgan fingerprint density at radius 2 is 1.78 bits per heavy atom. The van der Waals surface area contributed by atoms with Gasteiger partial charge in [-0.1, -0.05) is 6.42 Å². The van der Waals surface area contributed by atoms with Gasteiger partial charge in [0.1, 0.15) is 4.90 Å². The molecule has 2 aliphatic rings. The van der Waals surface area contributed by atoms with Crippen LogP contribution in [-0.4, -0.2) is 59.6 Å². The molecule has 0 amide bonds. The quantitative estimate of drug-likeness (QED) is 0.837. The van der Waals surface area contributed by atoms with Gasteiger partial charge >= 0.3 is 0 Å². The Bertz CT molecular complexity index is 662. The summed E-state index contributed by atoms with van der Waals surface area (Å²) in [7, 11) is -1.65. The summed E-state index contributed by atoms with van der Waals surface area (Å²) in [6, 6.07) is 0.108. The molecule has 2 aliphatic heterocycles. The fraction of sp³-hybridized carbons (Fsp3) is 0.812. The minimum Gasteiger partial charge on any atom is -0.302 e. The van der Waals surface area contributed by atoms with Gasteiger partial charge in [0.15, 0.2) is 0 Å². The molecule has 0 bridgehead atoms. The molecule has 0 saturated carbocycles. The van der Waals surface area contributed by atoms with E-state index in [9.17, 15) is 8.42 Å². The molecular formula is C16H28N4O2S. The van der Waals surface area contributed by atoms with Gasteiger partial charge in [-0.15, -0.1) is 0 Å². The van der Waals surface area contributed by atoms with E-state index >= 15 is 0 Å². The number of hydrogen-bond acceptors (Lipinski definition) is 4. The zero-order valence-electron chi connectivity index (χ0n) is 14.5. The summed E-state index contributed by atoms with van der Waals surface area (Å²) in [6.07, 6.45) is 5.70. The van der Waals surface area contributed by atoms with Crippen LogP contribution in [0.3, 0.4) is 0 Å². The predicted octanol–water partition coefficient (Wildman–Crippen LogP) is 1.68. The first-order chi connectivity index (χ1) is 10.9. The average molecular weight is 340 g/mol. The summed E-state index contributed by atoms with van der Waals surface area (Å²) in [5, 5.41) is 4.29. The Morgan fingerprint density at radius 3 is 2.39 bits per heavy atom. The van der Waals surface area contributed by atoms with Crippen LogP contribution < -0.4 is 0 Å². The van der Waals surface area contributed by atoms with Crippen LogP contribution in [0.2, 0.25) is 0 Å². The topological polar surface area (TPSA) is 58.4 Å². The Labute approximate surface area is 139 Å². The number of likely N-dealkylation sites (tertiary alicyclic amines) is 1. The van der Waals surface area contributed by atoms with E-state index in [1.807, 2.05) is 6.92 Å². The van der Waals surface area contributed by atoms with Gasteiger partial charge < -0.3 is 4.90 Å². The van der Waals surface area contributed by atoms with E-state index in [1.165, 1.54) is 19.3 Å². The van der Waals surface area contributed by atoms with E-state index in [0.717, 1.165) is 38.2 Å². The Hall–Kier alpha value is -0.920. The highest BCUT2D eigenvalue weighted by molar-refractivity contribution is 7.89. The highest BCUT2D eigenvalue weighted by Gasteiger charge is 2.38. The molecule has 3 rings (SSSR count). The molecule has 0 unspecified atom stereocenters. The van der Waals surface area contributed by atoms with Gasteiger partial charge in [0.2, 0.25) is 10.0 Å². The van der Waals surface area contributed by atoms with Crippen molar-refractivity contribution in [1.82, 2.24) is 19.0 Å². The number of aryl methyl sites for hydroxylation is 2. The Balaban J connectivity index is 1.83. The second-order valence-corrected chi connectivity index (χ2v) is 8.72. The molecule has 3 heterocycles. The van der Waals surface area contributed by atoms with E-state index in [0.29, 0.717) is 17.1 Å². The van der Waals surface area contributed by atoms with Crippen LogP contribution in [0.15, 0.2) is 4.90 Å². The van der Waals surface area contributed by atoms with Crippen LogP contribution in [0.4, 0.5) is 0 Å². The molecule has 0 aliphatic carbocycles. The molecule has 130 valence electrons. The zero-order valence-corrected chi connectivity index (χ0v) is 15.3. The molecule has 7 heteroatoms. The van der Waals surface area contributed by atoms with Gasteiger partial charge in [0.25, 0.3) is 0 Å². The fourth-order valence-electron chi connectivity index (χ4n) is 3.99. The van der Waals surface area contributed by atoms with Crippen molar-refractivity contribution in [3.63, 3.8) is 0 Å². The van der Waals surface area contributed by atoms with Gasteiger partial charge in [-0.3, -0.25) is 4.68 Å². The van der Waals surface area contributed by atoms with Gasteiger partial charge in [0.05, 0.1) is 11.4 Å². The van der Waals surface area contributed by atoms with Gasteiger partial charge in [-0.05, 0) is 52.6 Å². The number of nitrogens with zero attached hydrogens (tertiary/aromatic N) is 4. The number of rotatable bonds is 4. The number of piperidine rings is 1. The highest BCUT2D eigenvalue weighted by atomic mass is 32.2. The van der Waals surface area contributed by atoms with Crippen molar-refractivity contribution in [3.8, 4) is 0 Å². The Morgan fingerprint density at radius 1 is 1.09 bits per heavy atom. The normalized spacial score (nSPS) is 24.4. The third-order valence-electron chi connectivity index (χ3n) is 5.25. The fourth-order valence-corrected chi connectivity index (χ4v) is 6.08. The molecule has 2 fully saturated rings. The van der Waals surface area contributed by atoms with Crippen molar-refractivity contribution in [2.24, 2.45) is 7.05 Å². The molecule has 1 aromatic rings. The molecule has 0 N–H and O–H groups in total. The van der Waals surface area contributed by atoms with Crippen molar-refractivity contribution in [1.29, 1.82) is 0 Å². The van der Waals surface area contributed by atoms with E-state index in [2.05, 4.69) is 10.00 Å². The second-order valence-electron chi connectivity index (χ2n) is 6.90. The van der Waals surface area contributed by atoms with Crippen molar-refractivity contribution in [2.45, 2.75) is 56.9 Å².